The van der Waals surface area contributed by atoms with Crippen molar-refractivity contribution in [2.75, 3.05) is 19.0 Å². The Hall–Kier alpha value is -3.35. The molecule has 0 fully saturated rings. The van der Waals surface area contributed by atoms with E-state index < -0.39 is 11.7 Å². The van der Waals surface area contributed by atoms with Gasteiger partial charge in [-0.15, -0.1) is 0 Å². The lowest BCUT2D eigenvalue weighted by atomic mass is 10.1. The Labute approximate surface area is 159 Å². The minimum atomic E-state index is -4.40. The van der Waals surface area contributed by atoms with Gasteiger partial charge in [0.1, 0.15) is 11.8 Å². The Bertz CT molecular complexity index is 1150. The monoisotopic (exact) mass is 382 g/mol. The topological polar surface area (TPSA) is 34.0 Å². The molecule has 4 aromatic rings. The zero-order valence-electron chi connectivity index (χ0n) is 15.3. The Balaban J connectivity index is 1.83. The summed E-state index contributed by atoms with van der Waals surface area (Å²) in [5.41, 5.74) is 3.70. The maximum atomic E-state index is 13.1. The van der Waals surface area contributed by atoms with Crippen LogP contribution in [0, 0.1) is 0 Å². The summed E-state index contributed by atoms with van der Waals surface area (Å²) in [6.07, 6.45) is -1.25. The van der Waals surface area contributed by atoms with Crippen LogP contribution in [0.1, 0.15) is 5.56 Å². The summed E-state index contributed by atoms with van der Waals surface area (Å²) in [6.45, 7) is 0. The highest BCUT2D eigenvalue weighted by molar-refractivity contribution is 5.81. The molecule has 0 saturated carbocycles. The Kier molecular flexibility index (Phi) is 4.30. The number of halogens is 3. The predicted molar refractivity (Wildman–Crippen MR) is 104 cm³/mol. The molecule has 0 atom stereocenters. The summed E-state index contributed by atoms with van der Waals surface area (Å²) in [5, 5.41) is 0. The number of alkyl halides is 3. The fraction of sp³-hybridized carbons (Fsp3) is 0.143. The summed E-state index contributed by atoms with van der Waals surface area (Å²) >= 11 is 0. The van der Waals surface area contributed by atoms with Crippen molar-refractivity contribution in [1.82, 2.24) is 14.5 Å². The molecule has 0 unspecified atom stereocenters. The molecular weight excluding hydrogens is 365 g/mol. The van der Waals surface area contributed by atoms with Crippen LogP contribution in [0.3, 0.4) is 0 Å². The van der Waals surface area contributed by atoms with E-state index in [0.29, 0.717) is 16.7 Å². The number of anilines is 1. The first-order valence-corrected chi connectivity index (χ1v) is 8.61. The number of fused-ring (bicyclic) bond motifs is 1. The molecular formula is C21H17F3N4. The van der Waals surface area contributed by atoms with E-state index in [1.54, 1.807) is 16.8 Å². The van der Waals surface area contributed by atoms with Crippen molar-refractivity contribution in [3.8, 4) is 16.9 Å². The molecule has 0 saturated heterocycles. The van der Waals surface area contributed by atoms with Gasteiger partial charge in [-0.2, -0.15) is 13.2 Å². The first-order chi connectivity index (χ1) is 13.3. The van der Waals surface area contributed by atoms with Gasteiger partial charge in [0, 0.05) is 31.0 Å². The van der Waals surface area contributed by atoms with E-state index in [4.69, 9.17) is 0 Å². The maximum absolute atomic E-state index is 13.1. The number of aromatic nitrogens is 3. The van der Waals surface area contributed by atoms with Crippen LogP contribution >= 0.6 is 0 Å². The zero-order valence-corrected chi connectivity index (χ0v) is 15.3. The normalized spacial score (nSPS) is 11.8. The van der Waals surface area contributed by atoms with Crippen LogP contribution in [-0.2, 0) is 6.18 Å². The van der Waals surface area contributed by atoms with E-state index in [2.05, 4.69) is 9.97 Å². The second-order valence-corrected chi connectivity index (χ2v) is 6.67. The molecule has 2 aromatic heterocycles. The molecule has 4 rings (SSSR count). The van der Waals surface area contributed by atoms with Gasteiger partial charge in [0.2, 0.25) is 0 Å². The van der Waals surface area contributed by atoms with Gasteiger partial charge in [0.15, 0.2) is 0 Å². The van der Waals surface area contributed by atoms with Gasteiger partial charge >= 0.3 is 6.18 Å². The average Bonchev–Trinajstić information content (AvgIpc) is 3.10. The maximum Gasteiger partial charge on any atom is 0.416 e. The van der Waals surface area contributed by atoms with Crippen LogP contribution < -0.4 is 4.90 Å². The van der Waals surface area contributed by atoms with Crippen molar-refractivity contribution in [3.05, 3.63) is 72.7 Å². The van der Waals surface area contributed by atoms with Gasteiger partial charge in [-0.25, -0.2) is 4.98 Å². The summed E-state index contributed by atoms with van der Waals surface area (Å²) in [6, 6.07) is 14.9. The second kappa shape index (κ2) is 6.67. The van der Waals surface area contributed by atoms with Crippen LogP contribution in [-0.4, -0.2) is 28.6 Å². The van der Waals surface area contributed by atoms with Gasteiger partial charge < -0.3 is 4.90 Å². The molecule has 0 N–H and O–H groups in total. The Morgan fingerprint density at radius 3 is 2.46 bits per heavy atom. The van der Waals surface area contributed by atoms with Gasteiger partial charge in [-0.05, 0) is 36.4 Å². The molecule has 0 spiro atoms. The minimum Gasteiger partial charge on any atom is -0.378 e. The molecule has 7 heteroatoms. The van der Waals surface area contributed by atoms with Gasteiger partial charge in [0.05, 0.1) is 23.0 Å². The van der Waals surface area contributed by atoms with Crippen molar-refractivity contribution in [2.45, 2.75) is 6.18 Å². The summed E-state index contributed by atoms with van der Waals surface area (Å²) < 4.78 is 40.9. The van der Waals surface area contributed by atoms with Crippen molar-refractivity contribution < 1.29 is 13.2 Å². The van der Waals surface area contributed by atoms with Gasteiger partial charge in [0.25, 0.3) is 0 Å². The lowest BCUT2D eigenvalue weighted by molar-refractivity contribution is -0.137. The van der Waals surface area contributed by atoms with Gasteiger partial charge in [-0.3, -0.25) is 9.55 Å². The van der Waals surface area contributed by atoms with E-state index in [-0.39, 0.29) is 0 Å². The predicted octanol–water partition coefficient (Wildman–Crippen LogP) is 5.17. The van der Waals surface area contributed by atoms with Crippen molar-refractivity contribution in [3.63, 3.8) is 0 Å². The van der Waals surface area contributed by atoms with E-state index in [9.17, 15) is 13.2 Å². The highest BCUT2D eigenvalue weighted by atomic mass is 19.4. The Morgan fingerprint density at radius 1 is 0.929 bits per heavy atom. The average molecular weight is 382 g/mol. The number of benzene rings is 2. The highest BCUT2D eigenvalue weighted by Crippen LogP contribution is 2.31. The molecule has 0 amide bonds. The number of hydrogen-bond donors (Lipinski definition) is 0. The third-order valence-corrected chi connectivity index (χ3v) is 4.54. The third-order valence-electron chi connectivity index (χ3n) is 4.54. The fourth-order valence-electron chi connectivity index (χ4n) is 3.05. The molecule has 0 bridgehead atoms. The van der Waals surface area contributed by atoms with Gasteiger partial charge in [-0.1, -0.05) is 18.2 Å². The Morgan fingerprint density at radius 2 is 1.71 bits per heavy atom. The number of pyridine rings is 1. The molecule has 0 aliphatic carbocycles. The molecule has 2 heterocycles. The molecule has 0 radical (unpaired) electrons. The van der Waals surface area contributed by atoms with E-state index >= 15 is 0 Å². The fourth-order valence-corrected chi connectivity index (χ4v) is 3.05. The highest BCUT2D eigenvalue weighted by Gasteiger charge is 2.30. The van der Waals surface area contributed by atoms with Crippen LogP contribution in [0.2, 0.25) is 0 Å². The number of nitrogens with zero attached hydrogens (tertiary/aromatic N) is 4. The molecule has 28 heavy (non-hydrogen) atoms. The number of rotatable bonds is 3. The standard InChI is InChI=1S/C21H17F3N4/c1-27(2)16-7-3-5-14(9-16)18-11-20-19(12-25-18)26-13-28(20)17-8-4-6-15(10-17)21(22,23)24/h3-13H,1-2H3. The lowest BCUT2D eigenvalue weighted by Crippen LogP contribution is -2.08. The van der Waals surface area contributed by atoms with E-state index in [0.717, 1.165) is 29.1 Å². The van der Waals surface area contributed by atoms with E-state index in [1.165, 1.54) is 12.4 Å². The third kappa shape index (κ3) is 3.31. The van der Waals surface area contributed by atoms with E-state index in [1.807, 2.05) is 49.3 Å². The van der Waals surface area contributed by atoms with Crippen LogP contribution in [0.25, 0.3) is 28.0 Å². The van der Waals surface area contributed by atoms with Crippen LogP contribution in [0.5, 0.6) is 0 Å². The largest absolute Gasteiger partial charge is 0.416 e. The zero-order chi connectivity index (χ0) is 19.9. The number of imidazole rings is 1. The first-order valence-electron chi connectivity index (χ1n) is 8.61. The van der Waals surface area contributed by atoms with Crippen molar-refractivity contribution in [2.24, 2.45) is 0 Å². The molecule has 4 nitrogen and oxygen atoms in total. The smallest absolute Gasteiger partial charge is 0.378 e. The molecule has 2 aromatic carbocycles. The summed E-state index contributed by atoms with van der Waals surface area (Å²) in [5.74, 6) is 0. The number of hydrogen-bond acceptors (Lipinski definition) is 3. The van der Waals surface area contributed by atoms with Crippen molar-refractivity contribution >= 4 is 16.7 Å². The minimum absolute atomic E-state index is 0.400. The second-order valence-electron chi connectivity index (χ2n) is 6.67. The van der Waals surface area contributed by atoms with Crippen LogP contribution in [0.15, 0.2) is 67.1 Å². The first kappa shape index (κ1) is 18.0. The quantitative estimate of drug-likeness (QED) is 0.490. The lowest BCUT2D eigenvalue weighted by Gasteiger charge is -2.13. The van der Waals surface area contributed by atoms with Crippen molar-refractivity contribution in [1.29, 1.82) is 0 Å². The van der Waals surface area contributed by atoms with Crippen LogP contribution in [0.4, 0.5) is 18.9 Å². The SMILES string of the molecule is CN(C)c1cccc(-c2cc3c(cn2)ncn3-c2cccc(C(F)(F)F)c2)c1. The molecule has 142 valence electrons. The summed E-state index contributed by atoms with van der Waals surface area (Å²) in [7, 11) is 3.91. The molecule has 0 aliphatic rings. The molecule has 0 aliphatic heterocycles. The summed E-state index contributed by atoms with van der Waals surface area (Å²) in [4.78, 5) is 10.7.